The van der Waals surface area contributed by atoms with Crippen molar-refractivity contribution >= 4 is 22.5 Å². The zero-order valence-corrected chi connectivity index (χ0v) is 18.6. The first kappa shape index (κ1) is 21.9. The molecule has 0 spiro atoms. The van der Waals surface area contributed by atoms with Crippen LogP contribution in [-0.4, -0.2) is 58.4 Å². The molecule has 1 aliphatic rings. The average molecular weight is 450 g/mol. The van der Waals surface area contributed by atoms with Crippen LogP contribution < -0.4 is 5.32 Å². The summed E-state index contributed by atoms with van der Waals surface area (Å²) in [6.45, 7) is 4.82. The standard InChI is InChI=1S/C23H23N5O3S/c1-14-8-18(9-15(2)25-14)21-20(17-5-3-4-16(10-17)11-24)26-22(32-21)27-23(30)28-6-7-31-13-19(28)12-29/h3-5,8-10,19,29H,6-7,12-13H2,1-2H3,(H,26,27,30)/t19-/m0/s1. The Morgan fingerprint density at radius 2 is 2.06 bits per heavy atom. The Labute approximate surface area is 190 Å². The van der Waals surface area contributed by atoms with Crippen molar-refractivity contribution in [2.24, 2.45) is 0 Å². The molecule has 2 aromatic heterocycles. The van der Waals surface area contributed by atoms with Gasteiger partial charge in [0, 0.05) is 23.5 Å². The van der Waals surface area contributed by atoms with Crippen LogP contribution in [0.25, 0.3) is 21.7 Å². The quantitative estimate of drug-likeness (QED) is 0.630. The lowest BCUT2D eigenvalue weighted by Gasteiger charge is -2.34. The molecule has 0 saturated carbocycles. The van der Waals surface area contributed by atoms with Crippen LogP contribution in [0.1, 0.15) is 17.0 Å². The van der Waals surface area contributed by atoms with Gasteiger partial charge in [-0.1, -0.05) is 23.5 Å². The van der Waals surface area contributed by atoms with Crippen molar-refractivity contribution in [2.45, 2.75) is 19.9 Å². The molecule has 2 N–H and O–H groups in total. The van der Waals surface area contributed by atoms with Gasteiger partial charge < -0.3 is 14.7 Å². The number of nitrogens with one attached hydrogen (secondary N) is 1. The second kappa shape index (κ2) is 9.44. The maximum absolute atomic E-state index is 12.9. The van der Waals surface area contributed by atoms with E-state index in [0.29, 0.717) is 36.1 Å². The maximum Gasteiger partial charge on any atom is 0.324 e. The number of benzene rings is 1. The lowest BCUT2D eigenvalue weighted by atomic mass is 10.0. The Hall–Kier alpha value is -3.32. The molecule has 8 nitrogen and oxygen atoms in total. The molecule has 0 unspecified atom stereocenters. The molecule has 1 fully saturated rings. The lowest BCUT2D eigenvalue weighted by molar-refractivity contribution is -0.00485. The molecular weight excluding hydrogens is 426 g/mol. The third-order valence-corrected chi connectivity index (χ3v) is 6.17. The smallest absolute Gasteiger partial charge is 0.324 e. The monoisotopic (exact) mass is 449 g/mol. The molecule has 2 amide bonds. The van der Waals surface area contributed by atoms with Crippen molar-refractivity contribution in [3.8, 4) is 27.8 Å². The SMILES string of the molecule is Cc1cc(-c2sc(NC(=O)N3CCOC[C@@H]3CO)nc2-c2cccc(C#N)c2)cc(C)n1. The Morgan fingerprint density at radius 3 is 2.78 bits per heavy atom. The number of hydrogen-bond acceptors (Lipinski definition) is 7. The van der Waals surface area contributed by atoms with E-state index in [1.165, 1.54) is 11.3 Å². The van der Waals surface area contributed by atoms with Gasteiger partial charge in [0.2, 0.25) is 0 Å². The molecule has 1 aromatic carbocycles. The van der Waals surface area contributed by atoms with E-state index in [2.05, 4.69) is 16.4 Å². The van der Waals surface area contributed by atoms with Crippen LogP contribution in [0.15, 0.2) is 36.4 Å². The number of hydrogen-bond donors (Lipinski definition) is 2. The van der Waals surface area contributed by atoms with Gasteiger partial charge >= 0.3 is 6.03 Å². The average Bonchev–Trinajstić information content (AvgIpc) is 3.22. The van der Waals surface area contributed by atoms with Gasteiger partial charge in [0.15, 0.2) is 5.13 Å². The summed E-state index contributed by atoms with van der Waals surface area (Å²) in [5, 5.41) is 22.2. The van der Waals surface area contributed by atoms with E-state index >= 15 is 0 Å². The highest BCUT2D eigenvalue weighted by Gasteiger charge is 2.28. The van der Waals surface area contributed by atoms with Crippen LogP contribution in [0, 0.1) is 25.2 Å². The van der Waals surface area contributed by atoms with Gasteiger partial charge in [-0.2, -0.15) is 5.26 Å². The number of pyridine rings is 1. The Balaban J connectivity index is 1.73. The number of amides is 2. The maximum atomic E-state index is 12.9. The van der Waals surface area contributed by atoms with Gasteiger partial charge in [-0.15, -0.1) is 0 Å². The molecule has 4 rings (SSSR count). The first-order chi connectivity index (χ1) is 15.5. The van der Waals surface area contributed by atoms with E-state index in [4.69, 9.17) is 9.72 Å². The summed E-state index contributed by atoms with van der Waals surface area (Å²) in [6, 6.07) is 12.7. The van der Waals surface area contributed by atoms with Gasteiger partial charge in [-0.05, 0) is 43.7 Å². The number of aliphatic hydroxyl groups excluding tert-OH is 1. The summed E-state index contributed by atoms with van der Waals surface area (Å²) >= 11 is 1.37. The number of carbonyl (C=O) groups is 1. The number of morpholine rings is 1. The highest BCUT2D eigenvalue weighted by Crippen LogP contribution is 2.39. The van der Waals surface area contributed by atoms with E-state index in [9.17, 15) is 15.2 Å². The summed E-state index contributed by atoms with van der Waals surface area (Å²) in [5.41, 5.74) is 4.73. The van der Waals surface area contributed by atoms with E-state index in [1.807, 2.05) is 38.1 Å². The van der Waals surface area contributed by atoms with E-state index < -0.39 is 0 Å². The van der Waals surface area contributed by atoms with Crippen molar-refractivity contribution in [3.63, 3.8) is 0 Å². The second-order valence-corrected chi connectivity index (χ2v) is 8.56. The van der Waals surface area contributed by atoms with Crippen LogP contribution in [0.2, 0.25) is 0 Å². The Morgan fingerprint density at radius 1 is 1.28 bits per heavy atom. The van der Waals surface area contributed by atoms with Crippen molar-refractivity contribution in [1.82, 2.24) is 14.9 Å². The van der Waals surface area contributed by atoms with Crippen molar-refractivity contribution in [2.75, 3.05) is 31.7 Å². The minimum absolute atomic E-state index is 0.168. The van der Waals surface area contributed by atoms with Gasteiger partial charge in [-0.25, -0.2) is 9.78 Å². The number of carbonyl (C=O) groups excluding carboxylic acids is 1. The normalized spacial score (nSPS) is 15.9. The third kappa shape index (κ3) is 4.62. The molecule has 32 heavy (non-hydrogen) atoms. The van der Waals surface area contributed by atoms with Gasteiger partial charge in [0.05, 0.1) is 48.1 Å². The fraction of sp³-hybridized carbons (Fsp3) is 0.304. The summed E-state index contributed by atoms with van der Waals surface area (Å²) < 4.78 is 5.36. The molecule has 0 aliphatic carbocycles. The number of nitriles is 1. The van der Waals surface area contributed by atoms with Crippen LogP contribution in [0.4, 0.5) is 9.93 Å². The van der Waals surface area contributed by atoms with Gasteiger partial charge in [0.25, 0.3) is 0 Å². The zero-order valence-electron chi connectivity index (χ0n) is 17.8. The molecular formula is C23H23N5O3S. The van der Waals surface area contributed by atoms with Crippen molar-refractivity contribution < 1.29 is 14.6 Å². The summed E-state index contributed by atoms with van der Waals surface area (Å²) in [5.74, 6) is 0. The first-order valence-electron chi connectivity index (χ1n) is 10.2. The summed E-state index contributed by atoms with van der Waals surface area (Å²) in [4.78, 5) is 24.5. The fourth-order valence-electron chi connectivity index (χ4n) is 3.70. The Bertz CT molecular complexity index is 1170. The van der Waals surface area contributed by atoms with Crippen molar-refractivity contribution in [3.05, 3.63) is 53.3 Å². The predicted molar refractivity (Wildman–Crippen MR) is 122 cm³/mol. The second-order valence-electron chi connectivity index (χ2n) is 7.56. The number of aromatic nitrogens is 2. The zero-order chi connectivity index (χ0) is 22.7. The van der Waals surface area contributed by atoms with Crippen LogP contribution >= 0.6 is 11.3 Å². The molecule has 1 aliphatic heterocycles. The predicted octanol–water partition coefficient (Wildman–Crippen LogP) is 3.59. The van der Waals surface area contributed by atoms with Gasteiger partial charge in [0.1, 0.15) is 0 Å². The number of anilines is 1. The number of ether oxygens (including phenoxy) is 1. The molecule has 0 radical (unpaired) electrons. The molecule has 1 saturated heterocycles. The lowest BCUT2D eigenvalue weighted by Crippen LogP contribution is -2.52. The number of aliphatic hydroxyl groups is 1. The van der Waals surface area contributed by atoms with Crippen molar-refractivity contribution in [1.29, 1.82) is 5.26 Å². The number of urea groups is 1. The molecule has 1 atom stereocenters. The molecule has 0 bridgehead atoms. The van der Waals surface area contributed by atoms with Crippen LogP contribution in [0.3, 0.4) is 0 Å². The fourth-order valence-corrected chi connectivity index (χ4v) is 4.67. The minimum Gasteiger partial charge on any atom is -0.394 e. The third-order valence-electron chi connectivity index (χ3n) is 5.15. The highest BCUT2D eigenvalue weighted by molar-refractivity contribution is 7.19. The van der Waals surface area contributed by atoms with E-state index in [1.54, 1.807) is 17.0 Å². The highest BCUT2D eigenvalue weighted by atomic mass is 32.1. The molecule has 164 valence electrons. The summed E-state index contributed by atoms with van der Waals surface area (Å²) in [6.07, 6.45) is 0. The molecule has 3 heterocycles. The van der Waals surface area contributed by atoms with E-state index in [-0.39, 0.29) is 18.7 Å². The number of rotatable bonds is 4. The van der Waals surface area contributed by atoms with Crippen LogP contribution in [0.5, 0.6) is 0 Å². The number of thiazole rings is 1. The van der Waals surface area contributed by atoms with Crippen LogP contribution in [-0.2, 0) is 4.74 Å². The number of nitrogens with zero attached hydrogens (tertiary/aromatic N) is 4. The minimum atomic E-state index is -0.388. The van der Waals surface area contributed by atoms with E-state index in [0.717, 1.165) is 27.4 Å². The summed E-state index contributed by atoms with van der Waals surface area (Å²) in [7, 11) is 0. The first-order valence-corrected chi connectivity index (χ1v) is 11.0. The Kier molecular flexibility index (Phi) is 6.46. The molecule has 3 aromatic rings. The van der Waals surface area contributed by atoms with Gasteiger partial charge in [-0.3, -0.25) is 10.3 Å². The number of aryl methyl sites for hydroxylation is 2. The molecule has 9 heteroatoms. The topological polar surface area (TPSA) is 111 Å². The largest absolute Gasteiger partial charge is 0.394 e.